The average Bonchev–Trinajstić information content (AvgIpc) is 3.15. The number of H-pyrrole nitrogens is 1. The number of nitrogens with zero attached hydrogens (tertiary/aromatic N) is 1. The Morgan fingerprint density at radius 1 is 1.06 bits per heavy atom. The Labute approximate surface area is 187 Å². The maximum Gasteiger partial charge on any atom is 0.240 e. The van der Waals surface area contributed by atoms with E-state index in [1.165, 1.54) is 16.5 Å². The van der Waals surface area contributed by atoms with Crippen molar-refractivity contribution in [3.8, 4) is 0 Å². The number of aromatic amines is 1. The second-order valence-electron chi connectivity index (χ2n) is 9.33. The molecular formula is C26H28N4O2. The minimum atomic E-state index is -0.598. The van der Waals surface area contributed by atoms with Gasteiger partial charge < -0.3 is 15.6 Å². The number of carbonyl (C=O) groups is 2. The van der Waals surface area contributed by atoms with E-state index in [0.29, 0.717) is 19.5 Å². The van der Waals surface area contributed by atoms with Crippen molar-refractivity contribution in [3.05, 3.63) is 71.4 Å². The fourth-order valence-electron chi connectivity index (χ4n) is 5.95. The molecular weight excluding hydrogens is 400 g/mol. The average molecular weight is 429 g/mol. The summed E-state index contributed by atoms with van der Waals surface area (Å²) in [5.74, 6) is 0.115. The molecule has 2 fully saturated rings. The fraction of sp³-hybridized carbons (Fsp3) is 0.385. The predicted molar refractivity (Wildman–Crippen MR) is 123 cm³/mol. The lowest BCUT2D eigenvalue weighted by molar-refractivity contribution is -0.157. The summed E-state index contributed by atoms with van der Waals surface area (Å²) >= 11 is 0. The van der Waals surface area contributed by atoms with Gasteiger partial charge in [0.05, 0.1) is 12.1 Å². The van der Waals surface area contributed by atoms with Crippen LogP contribution in [0.5, 0.6) is 0 Å². The smallest absolute Gasteiger partial charge is 0.240 e. The van der Waals surface area contributed by atoms with Crippen LogP contribution >= 0.6 is 0 Å². The molecule has 32 heavy (non-hydrogen) atoms. The highest BCUT2D eigenvalue weighted by molar-refractivity contribution is 5.92. The van der Waals surface area contributed by atoms with Gasteiger partial charge in [-0.05, 0) is 49.3 Å². The van der Waals surface area contributed by atoms with Crippen molar-refractivity contribution in [2.75, 3.05) is 13.1 Å². The Morgan fingerprint density at radius 3 is 2.62 bits per heavy atom. The van der Waals surface area contributed by atoms with E-state index in [-0.39, 0.29) is 23.9 Å². The third-order valence-electron chi connectivity index (χ3n) is 7.66. The molecule has 2 amide bonds. The zero-order chi connectivity index (χ0) is 21.7. The van der Waals surface area contributed by atoms with Crippen LogP contribution in [0.1, 0.15) is 42.1 Å². The number of amides is 2. The van der Waals surface area contributed by atoms with Gasteiger partial charge in [-0.15, -0.1) is 0 Å². The van der Waals surface area contributed by atoms with Crippen molar-refractivity contribution < 1.29 is 9.59 Å². The summed E-state index contributed by atoms with van der Waals surface area (Å²) in [7, 11) is 0. The molecule has 1 aromatic heterocycles. The lowest BCUT2D eigenvalue weighted by atomic mass is 9.70. The van der Waals surface area contributed by atoms with E-state index in [1.807, 2.05) is 30.3 Å². The van der Waals surface area contributed by atoms with Crippen LogP contribution in [0.2, 0.25) is 0 Å². The molecule has 3 aromatic rings. The third kappa shape index (κ3) is 2.89. The number of hydrogen-bond acceptors (Lipinski definition) is 3. The molecule has 164 valence electrons. The summed E-state index contributed by atoms with van der Waals surface area (Å²) in [6.45, 7) is 1.14. The van der Waals surface area contributed by atoms with Gasteiger partial charge in [-0.2, -0.15) is 0 Å². The highest BCUT2D eigenvalue weighted by Crippen LogP contribution is 2.49. The normalized spacial score (nSPS) is 23.8. The maximum atomic E-state index is 13.6. The topological polar surface area (TPSA) is 77.2 Å². The van der Waals surface area contributed by atoms with E-state index in [4.69, 9.17) is 0 Å². The number of carbonyl (C=O) groups excluding carboxylic acids is 2. The van der Waals surface area contributed by atoms with Crippen LogP contribution in [-0.2, 0) is 22.4 Å². The van der Waals surface area contributed by atoms with E-state index in [1.54, 1.807) is 0 Å². The summed E-state index contributed by atoms with van der Waals surface area (Å²) in [4.78, 5) is 32.4. The lowest BCUT2D eigenvalue weighted by Crippen LogP contribution is -2.73. The number of rotatable bonds is 5. The van der Waals surface area contributed by atoms with Crippen molar-refractivity contribution in [1.82, 2.24) is 20.5 Å². The van der Waals surface area contributed by atoms with Gasteiger partial charge in [-0.3, -0.25) is 14.5 Å². The molecule has 6 nitrogen and oxygen atoms in total. The van der Waals surface area contributed by atoms with E-state index >= 15 is 0 Å². The second-order valence-corrected chi connectivity index (χ2v) is 9.33. The number of piperazine rings is 1. The SMILES string of the molecule is O=C1NCC2c3[nH]c4ccccc4c3C[C@@H]1N2C1(C(=O)NCCc2ccccc2)CCC1. The summed E-state index contributed by atoms with van der Waals surface area (Å²) < 4.78 is 0. The number of aromatic nitrogens is 1. The van der Waals surface area contributed by atoms with Crippen LogP contribution in [0.15, 0.2) is 54.6 Å². The van der Waals surface area contributed by atoms with Crippen molar-refractivity contribution in [1.29, 1.82) is 0 Å². The monoisotopic (exact) mass is 428 g/mol. The van der Waals surface area contributed by atoms with Gasteiger partial charge in [-0.25, -0.2) is 0 Å². The van der Waals surface area contributed by atoms with E-state index in [0.717, 1.165) is 36.9 Å². The summed E-state index contributed by atoms with van der Waals surface area (Å²) in [6.07, 6.45) is 4.08. The van der Waals surface area contributed by atoms with Gasteiger partial charge in [0.2, 0.25) is 11.8 Å². The Morgan fingerprint density at radius 2 is 1.84 bits per heavy atom. The molecule has 3 N–H and O–H groups in total. The van der Waals surface area contributed by atoms with Crippen molar-refractivity contribution in [2.24, 2.45) is 0 Å². The van der Waals surface area contributed by atoms with Crippen molar-refractivity contribution >= 4 is 22.7 Å². The molecule has 6 heteroatoms. The van der Waals surface area contributed by atoms with Gasteiger partial charge in [0, 0.05) is 29.7 Å². The van der Waals surface area contributed by atoms with Gasteiger partial charge >= 0.3 is 0 Å². The molecule has 2 atom stereocenters. The molecule has 1 saturated carbocycles. The number of fused-ring (bicyclic) bond motifs is 6. The molecule has 2 bridgehead atoms. The van der Waals surface area contributed by atoms with Crippen LogP contribution in [-0.4, -0.2) is 46.4 Å². The maximum absolute atomic E-state index is 13.6. The first-order chi connectivity index (χ1) is 15.7. The molecule has 3 aliphatic rings. The first-order valence-electron chi connectivity index (χ1n) is 11.7. The first kappa shape index (κ1) is 19.6. The quantitative estimate of drug-likeness (QED) is 0.585. The Balaban J connectivity index is 1.30. The zero-order valence-electron chi connectivity index (χ0n) is 18.1. The number of benzene rings is 2. The van der Waals surface area contributed by atoms with E-state index in [2.05, 4.69) is 44.8 Å². The predicted octanol–water partition coefficient (Wildman–Crippen LogP) is 2.85. The standard InChI is InChI=1S/C26H28N4O2/c31-24-21-15-19-18-9-4-5-10-20(18)29-23(19)22(16-28-24)30(21)26(12-6-13-26)25(32)27-14-11-17-7-2-1-3-8-17/h1-5,7-10,21-22,29H,6,11-16H2,(H,27,32)(H,28,31)/t21-,22?/m0/s1. The molecule has 6 rings (SSSR count). The van der Waals surface area contributed by atoms with Crippen LogP contribution in [0.4, 0.5) is 0 Å². The molecule has 0 radical (unpaired) electrons. The number of hydrogen-bond donors (Lipinski definition) is 3. The second kappa shape index (κ2) is 7.48. The van der Waals surface area contributed by atoms with Gasteiger partial charge in [0.15, 0.2) is 0 Å². The summed E-state index contributed by atoms with van der Waals surface area (Å²) in [5.41, 5.74) is 4.12. The number of nitrogens with one attached hydrogen (secondary N) is 3. The van der Waals surface area contributed by atoms with Gasteiger partial charge in [-0.1, -0.05) is 48.5 Å². The summed E-state index contributed by atoms with van der Waals surface area (Å²) in [5, 5.41) is 7.49. The molecule has 1 aliphatic carbocycles. The Bertz CT molecular complexity index is 1180. The highest BCUT2D eigenvalue weighted by Gasteiger charge is 2.58. The fourth-order valence-corrected chi connectivity index (χ4v) is 5.95. The molecule has 1 saturated heterocycles. The largest absolute Gasteiger partial charge is 0.357 e. The van der Waals surface area contributed by atoms with E-state index in [9.17, 15) is 9.59 Å². The zero-order valence-corrected chi connectivity index (χ0v) is 18.1. The van der Waals surface area contributed by atoms with Gasteiger partial charge in [0.1, 0.15) is 5.54 Å². The molecule has 2 aliphatic heterocycles. The first-order valence-corrected chi connectivity index (χ1v) is 11.7. The minimum absolute atomic E-state index is 0.00553. The van der Waals surface area contributed by atoms with Crippen LogP contribution in [0.3, 0.4) is 0 Å². The minimum Gasteiger partial charge on any atom is -0.357 e. The number of para-hydroxylation sites is 1. The van der Waals surface area contributed by atoms with Crippen LogP contribution in [0, 0.1) is 0 Å². The summed E-state index contributed by atoms with van der Waals surface area (Å²) in [6, 6.07) is 18.2. The Kier molecular flexibility index (Phi) is 4.57. The third-order valence-corrected chi connectivity index (χ3v) is 7.66. The Hall–Kier alpha value is -3.12. The van der Waals surface area contributed by atoms with Crippen LogP contribution in [0.25, 0.3) is 10.9 Å². The molecule has 0 spiro atoms. The molecule has 2 aromatic carbocycles. The molecule has 1 unspecified atom stereocenters. The van der Waals surface area contributed by atoms with Crippen LogP contribution < -0.4 is 10.6 Å². The van der Waals surface area contributed by atoms with Gasteiger partial charge in [0.25, 0.3) is 0 Å². The molecule has 3 heterocycles. The highest BCUT2D eigenvalue weighted by atomic mass is 16.2. The van der Waals surface area contributed by atoms with Crippen molar-refractivity contribution in [3.63, 3.8) is 0 Å². The van der Waals surface area contributed by atoms with Crippen molar-refractivity contribution in [2.45, 2.75) is 49.7 Å². The lowest BCUT2D eigenvalue weighted by Gasteiger charge is -2.57. The van der Waals surface area contributed by atoms with E-state index < -0.39 is 5.54 Å².